The van der Waals surface area contributed by atoms with Gasteiger partial charge >= 0.3 is 0 Å². The smallest absolute Gasteiger partial charge is 0.160 e. The molecule has 0 spiro atoms. The Kier molecular flexibility index (Phi) is 4.22. The number of benzene rings is 2. The third-order valence-corrected chi connectivity index (χ3v) is 3.27. The normalized spacial score (nSPS) is 10.1. The number of carbonyl (C=O) groups is 1. The first-order valence-corrected chi connectivity index (χ1v) is 6.52. The van der Waals surface area contributed by atoms with Crippen molar-refractivity contribution in [1.29, 1.82) is 0 Å². The second-order valence-corrected chi connectivity index (χ2v) is 4.83. The van der Waals surface area contributed by atoms with Crippen LogP contribution in [0.1, 0.15) is 17.3 Å². The fourth-order valence-corrected chi connectivity index (χ4v) is 2.26. The lowest BCUT2D eigenvalue weighted by molar-refractivity contribution is 0.101. The van der Waals surface area contributed by atoms with Crippen LogP contribution in [0, 0.1) is 0 Å². The average molecular weight is 321 g/mol. The molecule has 0 aliphatic carbocycles. The highest BCUT2D eigenvalue weighted by Gasteiger charge is 2.07. The molecule has 0 amide bonds. The summed E-state index contributed by atoms with van der Waals surface area (Å²) in [6.07, 6.45) is 0. The van der Waals surface area contributed by atoms with Crippen LogP contribution in [-0.4, -0.2) is 12.9 Å². The van der Waals surface area contributed by atoms with Crippen LogP contribution >= 0.6 is 15.9 Å². The first-order chi connectivity index (χ1) is 9.10. The van der Waals surface area contributed by atoms with Crippen LogP contribution in [0.5, 0.6) is 17.2 Å². The Morgan fingerprint density at radius 2 is 1.58 bits per heavy atom. The van der Waals surface area contributed by atoms with E-state index in [1.165, 1.54) is 6.92 Å². The van der Waals surface area contributed by atoms with E-state index in [-0.39, 0.29) is 5.78 Å². The lowest BCUT2D eigenvalue weighted by Crippen LogP contribution is -1.94. The van der Waals surface area contributed by atoms with E-state index in [2.05, 4.69) is 15.9 Å². The van der Waals surface area contributed by atoms with Gasteiger partial charge in [0.15, 0.2) is 5.78 Å². The fourth-order valence-electron chi connectivity index (χ4n) is 1.62. The molecule has 0 saturated carbocycles. The van der Waals surface area contributed by atoms with Crippen molar-refractivity contribution in [3.63, 3.8) is 0 Å². The van der Waals surface area contributed by atoms with Gasteiger partial charge in [-0.25, -0.2) is 0 Å². The van der Waals surface area contributed by atoms with Gasteiger partial charge in [0.1, 0.15) is 17.2 Å². The van der Waals surface area contributed by atoms with Crippen LogP contribution in [0.4, 0.5) is 0 Å². The minimum Gasteiger partial charge on any atom is -0.497 e. The molecule has 19 heavy (non-hydrogen) atoms. The number of hydrogen-bond donors (Lipinski definition) is 0. The molecule has 0 bridgehead atoms. The molecule has 3 nitrogen and oxygen atoms in total. The molecule has 2 aromatic carbocycles. The van der Waals surface area contributed by atoms with E-state index < -0.39 is 0 Å². The lowest BCUT2D eigenvalue weighted by atomic mass is 10.1. The van der Waals surface area contributed by atoms with Gasteiger partial charge in [-0.1, -0.05) is 0 Å². The van der Waals surface area contributed by atoms with Gasteiger partial charge in [-0.2, -0.15) is 0 Å². The molecular weight excluding hydrogens is 308 g/mol. The van der Waals surface area contributed by atoms with Gasteiger partial charge in [0.25, 0.3) is 0 Å². The molecule has 4 heteroatoms. The topological polar surface area (TPSA) is 35.5 Å². The molecule has 0 radical (unpaired) electrons. The molecule has 0 atom stereocenters. The number of halogens is 1. The molecule has 0 aliphatic rings. The molecule has 0 aliphatic heterocycles. The molecule has 2 aromatic rings. The van der Waals surface area contributed by atoms with Gasteiger partial charge in [-0.05, 0) is 65.3 Å². The summed E-state index contributed by atoms with van der Waals surface area (Å²) in [4.78, 5) is 11.3. The first-order valence-electron chi connectivity index (χ1n) is 5.72. The van der Waals surface area contributed by atoms with Crippen molar-refractivity contribution in [2.45, 2.75) is 6.92 Å². The molecule has 0 N–H and O–H groups in total. The van der Waals surface area contributed by atoms with E-state index in [4.69, 9.17) is 9.47 Å². The Bertz CT molecular complexity index is 591. The van der Waals surface area contributed by atoms with E-state index in [1.54, 1.807) is 25.3 Å². The van der Waals surface area contributed by atoms with Crippen molar-refractivity contribution < 1.29 is 14.3 Å². The predicted molar refractivity (Wildman–Crippen MR) is 77.2 cm³/mol. The number of carbonyl (C=O) groups excluding carboxylic acids is 1. The number of hydrogen-bond acceptors (Lipinski definition) is 3. The van der Waals surface area contributed by atoms with Gasteiger partial charge in [0.05, 0.1) is 7.11 Å². The molecular formula is C15H13BrO3. The van der Waals surface area contributed by atoms with Crippen molar-refractivity contribution in [2.24, 2.45) is 0 Å². The molecule has 0 unspecified atom stereocenters. The van der Waals surface area contributed by atoms with E-state index in [9.17, 15) is 4.79 Å². The molecule has 0 saturated heterocycles. The number of methoxy groups -OCH3 is 1. The molecule has 0 aromatic heterocycles. The van der Waals surface area contributed by atoms with Gasteiger partial charge in [0, 0.05) is 10.0 Å². The Hall–Kier alpha value is -1.81. The highest BCUT2D eigenvalue weighted by atomic mass is 79.9. The van der Waals surface area contributed by atoms with Crippen LogP contribution in [0.15, 0.2) is 46.9 Å². The summed E-state index contributed by atoms with van der Waals surface area (Å²) in [5.41, 5.74) is 0.641. The van der Waals surface area contributed by atoms with Gasteiger partial charge < -0.3 is 9.47 Å². The van der Waals surface area contributed by atoms with Crippen LogP contribution in [-0.2, 0) is 0 Å². The second-order valence-electron chi connectivity index (χ2n) is 3.98. The molecule has 0 heterocycles. The first kappa shape index (κ1) is 13.6. The van der Waals surface area contributed by atoms with Crippen molar-refractivity contribution in [2.75, 3.05) is 7.11 Å². The third-order valence-electron chi connectivity index (χ3n) is 2.61. The summed E-state index contributed by atoms with van der Waals surface area (Å²) in [5, 5.41) is 0. The summed E-state index contributed by atoms with van der Waals surface area (Å²) in [6.45, 7) is 1.53. The standard InChI is InChI=1S/C15H13BrO3/c1-10(17)14-8-7-13(9-15(14)16)19-12-5-3-11(18-2)4-6-12/h3-9H,1-2H3. The SMILES string of the molecule is COc1ccc(Oc2ccc(C(C)=O)c(Br)c2)cc1. The fraction of sp³-hybridized carbons (Fsp3) is 0.133. The highest BCUT2D eigenvalue weighted by Crippen LogP contribution is 2.28. The maximum Gasteiger partial charge on any atom is 0.160 e. The Labute approximate surface area is 120 Å². The predicted octanol–water partition coefficient (Wildman–Crippen LogP) is 4.45. The summed E-state index contributed by atoms with van der Waals surface area (Å²) < 4.78 is 11.5. The maximum atomic E-state index is 11.3. The Morgan fingerprint density at radius 1 is 1.00 bits per heavy atom. The largest absolute Gasteiger partial charge is 0.497 e. The highest BCUT2D eigenvalue weighted by molar-refractivity contribution is 9.10. The van der Waals surface area contributed by atoms with Crippen LogP contribution in [0.2, 0.25) is 0 Å². The lowest BCUT2D eigenvalue weighted by Gasteiger charge is -2.08. The minimum absolute atomic E-state index is 0.0165. The summed E-state index contributed by atoms with van der Waals surface area (Å²) >= 11 is 3.36. The molecule has 98 valence electrons. The minimum atomic E-state index is 0.0165. The van der Waals surface area contributed by atoms with E-state index in [0.717, 1.165) is 10.2 Å². The molecule has 0 fully saturated rings. The number of ketones is 1. The zero-order valence-corrected chi connectivity index (χ0v) is 12.2. The van der Waals surface area contributed by atoms with Crippen molar-refractivity contribution >= 4 is 21.7 Å². The van der Waals surface area contributed by atoms with Crippen LogP contribution < -0.4 is 9.47 Å². The van der Waals surface area contributed by atoms with Crippen LogP contribution in [0.25, 0.3) is 0 Å². The third kappa shape index (κ3) is 3.35. The van der Waals surface area contributed by atoms with Gasteiger partial charge in [-0.15, -0.1) is 0 Å². The zero-order chi connectivity index (χ0) is 13.8. The van der Waals surface area contributed by atoms with Gasteiger partial charge in [0.2, 0.25) is 0 Å². The van der Waals surface area contributed by atoms with Gasteiger partial charge in [-0.3, -0.25) is 4.79 Å². The van der Waals surface area contributed by atoms with E-state index >= 15 is 0 Å². The summed E-state index contributed by atoms with van der Waals surface area (Å²) in [7, 11) is 1.62. The number of Topliss-reactive ketones (excluding diaryl/α,β-unsaturated/α-hetero) is 1. The van der Waals surface area contributed by atoms with Crippen LogP contribution in [0.3, 0.4) is 0 Å². The van der Waals surface area contributed by atoms with Crippen molar-refractivity contribution in [3.8, 4) is 17.2 Å². The monoisotopic (exact) mass is 320 g/mol. The number of ether oxygens (including phenoxy) is 2. The average Bonchev–Trinajstić information content (AvgIpc) is 2.39. The Balaban J connectivity index is 2.18. The zero-order valence-electron chi connectivity index (χ0n) is 10.6. The van der Waals surface area contributed by atoms with E-state index in [1.807, 2.05) is 24.3 Å². The maximum absolute atomic E-state index is 11.3. The number of rotatable bonds is 4. The second kappa shape index (κ2) is 5.89. The Morgan fingerprint density at radius 3 is 2.11 bits per heavy atom. The summed E-state index contributed by atoms with van der Waals surface area (Å²) in [6, 6.07) is 12.6. The van der Waals surface area contributed by atoms with Crippen molar-refractivity contribution in [1.82, 2.24) is 0 Å². The molecule has 2 rings (SSSR count). The van der Waals surface area contributed by atoms with E-state index in [0.29, 0.717) is 17.1 Å². The van der Waals surface area contributed by atoms with Crippen molar-refractivity contribution in [3.05, 3.63) is 52.5 Å². The summed E-state index contributed by atoms with van der Waals surface area (Å²) in [5.74, 6) is 2.17. The quantitative estimate of drug-likeness (QED) is 0.780.